The highest BCUT2D eigenvalue weighted by atomic mass is 16.5. The number of esters is 2. The second kappa shape index (κ2) is 16.6. The molecule has 0 aromatic rings. The van der Waals surface area contributed by atoms with Crippen molar-refractivity contribution in [1.29, 1.82) is 0 Å². The molecule has 0 aromatic carbocycles. The second-order valence-corrected chi connectivity index (χ2v) is 8.03. The van der Waals surface area contributed by atoms with E-state index in [-0.39, 0.29) is 30.9 Å². The average molecular weight is 445 g/mol. The molecular weight excluding hydrogens is 404 g/mol. The van der Waals surface area contributed by atoms with Crippen LogP contribution in [-0.4, -0.2) is 46.8 Å². The normalized spacial score (nSPS) is 12.2. The third-order valence-corrected chi connectivity index (χ3v) is 5.45. The van der Waals surface area contributed by atoms with Gasteiger partial charge in [0.15, 0.2) is 5.41 Å². The van der Waals surface area contributed by atoms with Gasteiger partial charge in [0.05, 0.1) is 6.61 Å². The number of carboxylic acids is 2. The lowest BCUT2D eigenvalue weighted by atomic mass is 9.77. The van der Waals surface area contributed by atoms with Crippen molar-refractivity contribution >= 4 is 23.9 Å². The maximum Gasteiger partial charge on any atom is 0.321 e. The van der Waals surface area contributed by atoms with E-state index in [1.165, 1.54) is 6.92 Å². The predicted molar refractivity (Wildman–Crippen MR) is 116 cm³/mol. The highest BCUT2D eigenvalue weighted by Crippen LogP contribution is 2.33. The Balaban J connectivity index is 4.68. The fraction of sp³-hybridized carbons (Fsp3) is 0.826. The molecule has 0 amide bonds. The third kappa shape index (κ3) is 12.4. The molecule has 1 atom stereocenters. The Morgan fingerprint density at radius 3 is 1.94 bits per heavy atom. The number of hydrogen-bond acceptors (Lipinski definition) is 6. The van der Waals surface area contributed by atoms with Gasteiger partial charge in [-0.3, -0.25) is 19.2 Å². The van der Waals surface area contributed by atoms with E-state index in [2.05, 4.69) is 6.92 Å². The highest BCUT2D eigenvalue weighted by Gasteiger charge is 2.45. The van der Waals surface area contributed by atoms with Crippen LogP contribution < -0.4 is 0 Å². The van der Waals surface area contributed by atoms with Gasteiger partial charge in [-0.25, -0.2) is 0 Å². The maximum absolute atomic E-state index is 11.9. The van der Waals surface area contributed by atoms with Crippen LogP contribution in [0.1, 0.15) is 104 Å². The molecule has 0 aliphatic carbocycles. The summed E-state index contributed by atoms with van der Waals surface area (Å²) in [4.78, 5) is 46.4. The van der Waals surface area contributed by atoms with Crippen molar-refractivity contribution in [2.24, 2.45) is 5.41 Å². The molecule has 2 N–H and O–H groups in total. The number of aliphatic carboxylic acids is 2. The smallest absolute Gasteiger partial charge is 0.321 e. The molecule has 0 fully saturated rings. The van der Waals surface area contributed by atoms with Crippen molar-refractivity contribution in [3.63, 3.8) is 0 Å². The maximum atomic E-state index is 11.9. The molecule has 8 nitrogen and oxygen atoms in total. The van der Waals surface area contributed by atoms with Crippen LogP contribution in [-0.2, 0) is 28.7 Å². The average Bonchev–Trinajstić information content (AvgIpc) is 2.68. The predicted octanol–water partition coefficient (Wildman–Crippen LogP) is 4.73. The summed E-state index contributed by atoms with van der Waals surface area (Å²) in [6, 6.07) is 0. The zero-order valence-corrected chi connectivity index (χ0v) is 19.3. The lowest BCUT2D eigenvalue weighted by Gasteiger charge is -2.26. The fourth-order valence-electron chi connectivity index (χ4n) is 3.68. The quantitative estimate of drug-likeness (QED) is 0.166. The minimum Gasteiger partial charge on any atom is -0.480 e. The molecule has 0 spiro atoms. The summed E-state index contributed by atoms with van der Waals surface area (Å²) in [6.45, 7) is 5.50. The molecule has 0 aromatic heterocycles. The molecule has 180 valence electrons. The first-order valence-corrected chi connectivity index (χ1v) is 11.5. The van der Waals surface area contributed by atoms with Gasteiger partial charge < -0.3 is 19.7 Å². The van der Waals surface area contributed by atoms with Gasteiger partial charge in [-0.05, 0) is 51.9 Å². The van der Waals surface area contributed by atoms with E-state index in [4.69, 9.17) is 9.47 Å². The van der Waals surface area contributed by atoms with Crippen LogP contribution in [0.15, 0.2) is 0 Å². The third-order valence-electron chi connectivity index (χ3n) is 5.45. The molecule has 0 saturated carbocycles. The van der Waals surface area contributed by atoms with E-state index in [1.54, 1.807) is 6.92 Å². The number of unbranched alkanes of at least 4 members (excludes halogenated alkanes) is 5. The first-order chi connectivity index (χ1) is 14.7. The van der Waals surface area contributed by atoms with E-state index < -0.39 is 17.4 Å². The molecule has 31 heavy (non-hydrogen) atoms. The van der Waals surface area contributed by atoms with Crippen LogP contribution >= 0.6 is 0 Å². The minimum atomic E-state index is -1.84. The summed E-state index contributed by atoms with van der Waals surface area (Å²) in [5.41, 5.74) is -1.84. The molecule has 0 heterocycles. The summed E-state index contributed by atoms with van der Waals surface area (Å²) in [7, 11) is 0. The Hall–Kier alpha value is -2.12. The Labute approximate surface area is 185 Å². The van der Waals surface area contributed by atoms with Crippen molar-refractivity contribution in [3.8, 4) is 0 Å². The number of carbonyl (C=O) groups is 4. The van der Waals surface area contributed by atoms with Gasteiger partial charge >= 0.3 is 23.9 Å². The number of rotatable bonds is 19. The van der Waals surface area contributed by atoms with Gasteiger partial charge in [0.1, 0.15) is 6.10 Å². The molecule has 0 bridgehead atoms. The summed E-state index contributed by atoms with van der Waals surface area (Å²) in [5.74, 6) is -3.30. The SMILES string of the molecule is CCCCCC(CCCC(CCCCCCC(=O)OCC)(C(=O)O)C(=O)O)OC(C)=O. The monoisotopic (exact) mass is 444 g/mol. The van der Waals surface area contributed by atoms with Crippen LogP contribution in [0.4, 0.5) is 0 Å². The van der Waals surface area contributed by atoms with Gasteiger partial charge in [0.25, 0.3) is 0 Å². The van der Waals surface area contributed by atoms with Crippen molar-refractivity contribution in [2.45, 2.75) is 110 Å². The van der Waals surface area contributed by atoms with Crippen molar-refractivity contribution in [3.05, 3.63) is 0 Å². The molecule has 0 saturated heterocycles. The number of ether oxygens (including phenoxy) is 2. The Kier molecular flexibility index (Phi) is 15.4. The summed E-state index contributed by atoms with van der Waals surface area (Å²) < 4.78 is 10.2. The lowest BCUT2D eigenvalue weighted by molar-refractivity contribution is -0.166. The highest BCUT2D eigenvalue weighted by molar-refractivity contribution is 5.98. The number of carboxylic acid groups (broad SMARTS) is 2. The van der Waals surface area contributed by atoms with Crippen LogP contribution in [0, 0.1) is 5.41 Å². The van der Waals surface area contributed by atoms with Crippen LogP contribution in [0.3, 0.4) is 0 Å². The largest absolute Gasteiger partial charge is 0.480 e. The van der Waals surface area contributed by atoms with Gasteiger partial charge in [0.2, 0.25) is 0 Å². The Morgan fingerprint density at radius 1 is 0.806 bits per heavy atom. The molecule has 0 aliphatic rings. The molecule has 0 rings (SSSR count). The Morgan fingerprint density at radius 2 is 1.39 bits per heavy atom. The van der Waals surface area contributed by atoms with E-state index in [0.29, 0.717) is 58.0 Å². The zero-order valence-electron chi connectivity index (χ0n) is 19.3. The number of hydrogen-bond donors (Lipinski definition) is 2. The summed E-state index contributed by atoms with van der Waals surface area (Å²) >= 11 is 0. The lowest BCUT2D eigenvalue weighted by Crippen LogP contribution is -2.39. The van der Waals surface area contributed by atoms with Crippen LogP contribution in [0.25, 0.3) is 0 Å². The molecular formula is C23H40O8. The van der Waals surface area contributed by atoms with Crippen LogP contribution in [0.5, 0.6) is 0 Å². The minimum absolute atomic E-state index is 0.00790. The van der Waals surface area contributed by atoms with Crippen molar-refractivity contribution in [1.82, 2.24) is 0 Å². The summed E-state index contributed by atoms with van der Waals surface area (Å²) in [6.07, 6.45) is 6.92. The van der Waals surface area contributed by atoms with Crippen molar-refractivity contribution in [2.75, 3.05) is 6.61 Å². The molecule has 0 radical (unpaired) electrons. The molecule has 8 heteroatoms. The van der Waals surface area contributed by atoms with E-state index in [1.807, 2.05) is 0 Å². The van der Waals surface area contributed by atoms with Gasteiger partial charge in [-0.15, -0.1) is 0 Å². The summed E-state index contributed by atoms with van der Waals surface area (Å²) in [5, 5.41) is 19.4. The van der Waals surface area contributed by atoms with Gasteiger partial charge in [-0.1, -0.05) is 39.0 Å². The first-order valence-electron chi connectivity index (χ1n) is 11.5. The standard InChI is InChI=1S/C23H40O8/c1-4-6-9-13-19(31-18(3)24)14-12-17-23(21(26)27,22(28)29)16-11-8-7-10-15-20(25)30-5-2/h19H,4-17H2,1-3H3,(H,26,27)(H,28,29). The van der Waals surface area contributed by atoms with E-state index in [9.17, 15) is 29.4 Å². The topological polar surface area (TPSA) is 127 Å². The van der Waals surface area contributed by atoms with E-state index in [0.717, 1.165) is 19.3 Å². The molecule has 1 unspecified atom stereocenters. The fourth-order valence-corrected chi connectivity index (χ4v) is 3.68. The van der Waals surface area contributed by atoms with E-state index >= 15 is 0 Å². The van der Waals surface area contributed by atoms with Gasteiger partial charge in [0, 0.05) is 13.3 Å². The second-order valence-electron chi connectivity index (χ2n) is 8.03. The zero-order chi connectivity index (χ0) is 23.7. The van der Waals surface area contributed by atoms with Crippen molar-refractivity contribution < 1.29 is 38.9 Å². The van der Waals surface area contributed by atoms with Crippen LogP contribution in [0.2, 0.25) is 0 Å². The first kappa shape index (κ1) is 28.9. The number of carbonyl (C=O) groups excluding carboxylic acids is 2. The van der Waals surface area contributed by atoms with Gasteiger partial charge in [-0.2, -0.15) is 0 Å². The molecule has 0 aliphatic heterocycles. The Bertz CT molecular complexity index is 544.